The van der Waals surface area contributed by atoms with Gasteiger partial charge < -0.3 is 15.0 Å². The molecule has 1 atom stereocenters. The third-order valence-electron chi connectivity index (χ3n) is 3.66. The van der Waals surface area contributed by atoms with Crippen LogP contribution in [0.4, 0.5) is 5.69 Å². The number of carbonyl (C=O) groups is 3. The lowest BCUT2D eigenvalue weighted by Crippen LogP contribution is -2.43. The molecule has 2 amide bonds. The molecule has 1 aromatic rings. The summed E-state index contributed by atoms with van der Waals surface area (Å²) >= 11 is 0. The molecule has 1 N–H and O–H groups in total. The van der Waals surface area contributed by atoms with E-state index >= 15 is 0 Å². The lowest BCUT2D eigenvalue weighted by Gasteiger charge is -2.20. The average Bonchev–Trinajstić information content (AvgIpc) is 2.86. The second-order valence-electron chi connectivity index (χ2n) is 7.15. The molecule has 0 radical (unpaired) electrons. The summed E-state index contributed by atoms with van der Waals surface area (Å²) in [5.74, 6) is -1.52. The minimum Gasteiger partial charge on any atom is -0.455 e. The molecule has 1 aliphatic heterocycles. The van der Waals surface area contributed by atoms with Gasteiger partial charge in [0.05, 0.1) is 5.92 Å². The van der Waals surface area contributed by atoms with E-state index in [0.717, 1.165) is 11.3 Å². The first-order valence-corrected chi connectivity index (χ1v) is 8.00. The molecule has 1 aromatic carbocycles. The Morgan fingerprint density at radius 2 is 1.88 bits per heavy atom. The molecule has 0 bridgehead atoms. The van der Waals surface area contributed by atoms with Crippen molar-refractivity contribution in [1.29, 1.82) is 0 Å². The van der Waals surface area contributed by atoms with Crippen molar-refractivity contribution in [1.82, 2.24) is 5.32 Å². The molecule has 6 heteroatoms. The fourth-order valence-corrected chi connectivity index (χ4v) is 2.55. The maximum Gasteiger partial charge on any atom is 0.311 e. The van der Waals surface area contributed by atoms with E-state index in [9.17, 15) is 14.4 Å². The van der Waals surface area contributed by atoms with Crippen molar-refractivity contribution >= 4 is 23.5 Å². The van der Waals surface area contributed by atoms with Gasteiger partial charge >= 0.3 is 5.97 Å². The highest BCUT2D eigenvalue weighted by Crippen LogP contribution is 2.26. The molecule has 0 aromatic heterocycles. The number of esters is 1. The Bertz CT molecular complexity index is 631. The first kappa shape index (κ1) is 18.0. The highest BCUT2D eigenvalue weighted by Gasteiger charge is 2.36. The average molecular weight is 332 g/mol. The van der Waals surface area contributed by atoms with Gasteiger partial charge in [-0.1, -0.05) is 17.7 Å². The van der Waals surface area contributed by atoms with Crippen molar-refractivity contribution in [2.75, 3.05) is 18.1 Å². The van der Waals surface area contributed by atoms with Crippen LogP contribution in [0.3, 0.4) is 0 Å². The lowest BCUT2D eigenvalue weighted by molar-refractivity contribution is -0.152. The second-order valence-corrected chi connectivity index (χ2v) is 7.15. The minimum atomic E-state index is -0.541. The molecule has 1 fully saturated rings. The number of nitrogens with one attached hydrogen (secondary N) is 1. The monoisotopic (exact) mass is 332 g/mol. The van der Waals surface area contributed by atoms with Gasteiger partial charge in [0.25, 0.3) is 5.91 Å². The van der Waals surface area contributed by atoms with E-state index in [2.05, 4.69) is 5.32 Å². The van der Waals surface area contributed by atoms with E-state index in [0.29, 0.717) is 0 Å². The van der Waals surface area contributed by atoms with Gasteiger partial charge in [-0.3, -0.25) is 14.4 Å². The Balaban J connectivity index is 1.89. The molecule has 1 aliphatic rings. The predicted octanol–water partition coefficient (Wildman–Crippen LogP) is 1.81. The van der Waals surface area contributed by atoms with Crippen LogP contribution in [0.5, 0.6) is 0 Å². The fourth-order valence-electron chi connectivity index (χ4n) is 2.55. The first-order valence-electron chi connectivity index (χ1n) is 8.00. The molecule has 24 heavy (non-hydrogen) atoms. The van der Waals surface area contributed by atoms with Crippen LogP contribution in [0, 0.1) is 12.8 Å². The molecular weight excluding hydrogens is 308 g/mol. The third-order valence-corrected chi connectivity index (χ3v) is 3.66. The van der Waals surface area contributed by atoms with Crippen LogP contribution in [0.25, 0.3) is 0 Å². The van der Waals surface area contributed by atoms with E-state index in [1.54, 1.807) is 4.90 Å². The SMILES string of the molecule is Cc1ccc(N2C[C@@H](C(=O)OCC(=O)NC(C)(C)C)CC2=O)cc1. The summed E-state index contributed by atoms with van der Waals surface area (Å²) in [5, 5.41) is 2.72. The van der Waals surface area contributed by atoms with Gasteiger partial charge in [0.2, 0.25) is 5.91 Å². The third kappa shape index (κ3) is 4.81. The highest BCUT2D eigenvalue weighted by molar-refractivity contribution is 5.99. The Labute approximate surface area is 142 Å². The van der Waals surface area contributed by atoms with Crippen molar-refractivity contribution < 1.29 is 19.1 Å². The van der Waals surface area contributed by atoms with E-state index in [1.165, 1.54) is 0 Å². The molecule has 0 spiro atoms. The summed E-state index contributed by atoms with van der Waals surface area (Å²) in [7, 11) is 0. The topological polar surface area (TPSA) is 75.7 Å². The fraction of sp³-hybridized carbons (Fsp3) is 0.500. The van der Waals surface area contributed by atoms with Gasteiger partial charge in [-0.05, 0) is 39.8 Å². The summed E-state index contributed by atoms with van der Waals surface area (Å²) in [6.07, 6.45) is 0.105. The van der Waals surface area contributed by atoms with Crippen molar-refractivity contribution in [3.63, 3.8) is 0 Å². The molecule has 0 unspecified atom stereocenters. The molecule has 0 aliphatic carbocycles. The van der Waals surface area contributed by atoms with Gasteiger partial charge in [-0.2, -0.15) is 0 Å². The summed E-state index contributed by atoms with van der Waals surface area (Å²) in [6.45, 7) is 7.47. The molecule has 1 heterocycles. The maximum absolute atomic E-state index is 12.1. The zero-order chi connectivity index (χ0) is 17.9. The predicted molar refractivity (Wildman–Crippen MR) is 90.5 cm³/mol. The number of amides is 2. The number of hydrogen-bond donors (Lipinski definition) is 1. The zero-order valence-corrected chi connectivity index (χ0v) is 14.6. The number of benzene rings is 1. The Morgan fingerprint density at radius 1 is 1.25 bits per heavy atom. The standard InChI is InChI=1S/C18H24N2O4/c1-12-5-7-14(8-6-12)20-10-13(9-16(20)22)17(23)24-11-15(21)19-18(2,3)4/h5-8,13H,9-11H2,1-4H3,(H,19,21)/t13-/m0/s1. The van der Waals surface area contributed by atoms with Gasteiger partial charge in [0.1, 0.15) is 0 Å². The highest BCUT2D eigenvalue weighted by atomic mass is 16.5. The van der Waals surface area contributed by atoms with Crippen LogP contribution in [0.1, 0.15) is 32.8 Å². The van der Waals surface area contributed by atoms with Crippen LogP contribution >= 0.6 is 0 Å². The molecule has 2 rings (SSSR count). The summed E-state index contributed by atoms with van der Waals surface area (Å²) in [6, 6.07) is 7.56. The van der Waals surface area contributed by atoms with Gasteiger partial charge in [-0.15, -0.1) is 0 Å². The quantitative estimate of drug-likeness (QED) is 0.853. The second kappa shape index (κ2) is 7.03. The lowest BCUT2D eigenvalue weighted by atomic mass is 10.1. The summed E-state index contributed by atoms with van der Waals surface area (Å²) in [5.41, 5.74) is 1.49. The Hall–Kier alpha value is -2.37. The number of anilines is 1. The van der Waals surface area contributed by atoms with Crippen LogP contribution in [-0.4, -0.2) is 36.5 Å². The van der Waals surface area contributed by atoms with Gasteiger partial charge in [0.15, 0.2) is 6.61 Å². The molecule has 130 valence electrons. The Morgan fingerprint density at radius 3 is 2.46 bits per heavy atom. The van der Waals surface area contributed by atoms with E-state index in [-0.39, 0.29) is 36.9 Å². The maximum atomic E-state index is 12.1. The molecule has 0 saturated carbocycles. The van der Waals surface area contributed by atoms with Crippen molar-refractivity contribution in [2.45, 2.75) is 39.7 Å². The normalized spacial score (nSPS) is 17.8. The van der Waals surface area contributed by atoms with E-state index in [1.807, 2.05) is 52.0 Å². The number of carbonyl (C=O) groups excluding carboxylic acids is 3. The first-order chi connectivity index (χ1) is 11.2. The largest absolute Gasteiger partial charge is 0.455 e. The van der Waals surface area contributed by atoms with Gasteiger partial charge in [-0.25, -0.2) is 0 Å². The van der Waals surface area contributed by atoms with E-state index < -0.39 is 11.9 Å². The van der Waals surface area contributed by atoms with Crippen LogP contribution < -0.4 is 10.2 Å². The van der Waals surface area contributed by atoms with Crippen LogP contribution in [0.15, 0.2) is 24.3 Å². The Kier molecular flexibility index (Phi) is 5.26. The smallest absolute Gasteiger partial charge is 0.311 e. The molecular formula is C18H24N2O4. The summed E-state index contributed by atoms with van der Waals surface area (Å²) < 4.78 is 5.06. The number of nitrogens with zero attached hydrogens (tertiary/aromatic N) is 1. The summed E-state index contributed by atoms with van der Waals surface area (Å²) in [4.78, 5) is 37.5. The number of hydrogen-bond acceptors (Lipinski definition) is 4. The number of aryl methyl sites for hydroxylation is 1. The minimum absolute atomic E-state index is 0.105. The molecule has 6 nitrogen and oxygen atoms in total. The van der Waals surface area contributed by atoms with Crippen LogP contribution in [-0.2, 0) is 19.1 Å². The number of ether oxygens (including phenoxy) is 1. The van der Waals surface area contributed by atoms with Crippen molar-refractivity contribution in [2.24, 2.45) is 5.92 Å². The van der Waals surface area contributed by atoms with Crippen molar-refractivity contribution in [3.05, 3.63) is 29.8 Å². The number of rotatable bonds is 4. The van der Waals surface area contributed by atoms with Crippen LogP contribution in [0.2, 0.25) is 0 Å². The van der Waals surface area contributed by atoms with Gasteiger partial charge in [0, 0.05) is 24.2 Å². The van der Waals surface area contributed by atoms with E-state index in [4.69, 9.17) is 4.74 Å². The zero-order valence-electron chi connectivity index (χ0n) is 14.6. The van der Waals surface area contributed by atoms with Crippen molar-refractivity contribution in [3.8, 4) is 0 Å². The molecule has 1 saturated heterocycles.